The van der Waals surface area contributed by atoms with Crippen molar-refractivity contribution in [1.82, 2.24) is 14.6 Å². The van der Waals surface area contributed by atoms with Crippen LogP contribution in [0.4, 0.5) is 5.13 Å². The Kier molecular flexibility index (Phi) is 6.61. The Balaban J connectivity index is 2.25. The molecule has 0 radical (unpaired) electrons. The first-order valence-corrected chi connectivity index (χ1v) is 11.1. The Labute approximate surface area is 172 Å². The van der Waals surface area contributed by atoms with Crippen LogP contribution in [0, 0.1) is 0 Å². The predicted molar refractivity (Wildman–Crippen MR) is 96.7 cm³/mol. The van der Waals surface area contributed by atoms with Gasteiger partial charge in [0.2, 0.25) is 6.23 Å². The van der Waals surface area contributed by atoms with Crippen LogP contribution < -0.4 is 10.0 Å². The highest BCUT2D eigenvalue weighted by atomic mass is 32.2. The number of anilines is 1. The minimum atomic E-state index is -5.07. The lowest BCUT2D eigenvalue weighted by Gasteiger charge is -2.42. The summed E-state index contributed by atoms with van der Waals surface area (Å²) in [5, 5.41) is 6.27. The maximum Gasteiger partial charge on any atom is 0.365 e. The minimum Gasteiger partial charge on any atom is -0.438 e. The van der Waals surface area contributed by atoms with E-state index in [-0.39, 0.29) is 15.1 Å². The van der Waals surface area contributed by atoms with Crippen LogP contribution in [0.5, 0.6) is 0 Å². The third-order valence-electron chi connectivity index (χ3n) is 3.18. The first-order valence-electron chi connectivity index (χ1n) is 7.35. The van der Waals surface area contributed by atoms with Gasteiger partial charge in [-0.2, -0.15) is 21.1 Å². The minimum absolute atomic E-state index is 0.149. The van der Waals surface area contributed by atoms with Crippen LogP contribution in [0.3, 0.4) is 0 Å². The molecule has 2 amide bonds. The molecule has 2 atom stereocenters. The van der Waals surface area contributed by atoms with Crippen molar-refractivity contribution in [2.75, 3.05) is 11.8 Å². The van der Waals surface area contributed by atoms with Gasteiger partial charge < -0.3 is 14.9 Å². The molecule has 166 valence electrons. The first-order chi connectivity index (χ1) is 13.7. The Morgan fingerprint density at radius 1 is 1.30 bits per heavy atom. The number of carbonyl (C=O) groups excluding carboxylic acids is 3. The summed E-state index contributed by atoms with van der Waals surface area (Å²) in [6.07, 6.45) is -1.86. The van der Waals surface area contributed by atoms with Gasteiger partial charge in [-0.3, -0.25) is 23.5 Å². The van der Waals surface area contributed by atoms with Crippen molar-refractivity contribution in [1.29, 1.82) is 0 Å². The van der Waals surface area contributed by atoms with Crippen LogP contribution in [0.25, 0.3) is 0 Å². The molecule has 1 aliphatic heterocycles. The topological polar surface area (TPSA) is 231 Å². The van der Waals surface area contributed by atoms with E-state index in [0.717, 1.165) is 19.4 Å². The molecule has 1 fully saturated rings. The van der Waals surface area contributed by atoms with Gasteiger partial charge in [-0.25, -0.2) is 9.71 Å². The molecule has 1 aromatic rings. The van der Waals surface area contributed by atoms with Crippen molar-refractivity contribution in [2.24, 2.45) is 5.16 Å². The van der Waals surface area contributed by atoms with Gasteiger partial charge >= 0.3 is 26.6 Å². The van der Waals surface area contributed by atoms with Crippen LogP contribution in [-0.4, -0.2) is 78.1 Å². The van der Waals surface area contributed by atoms with Gasteiger partial charge in [0.05, 0.1) is 0 Å². The molecule has 30 heavy (non-hydrogen) atoms. The summed E-state index contributed by atoms with van der Waals surface area (Å²) in [5.74, 6) is -3.46. The zero-order valence-corrected chi connectivity index (χ0v) is 17.3. The molecule has 19 heteroatoms. The summed E-state index contributed by atoms with van der Waals surface area (Å²) in [6, 6.07) is -1.69. The summed E-state index contributed by atoms with van der Waals surface area (Å²) >= 11 is 0.665. The van der Waals surface area contributed by atoms with E-state index in [1.807, 2.05) is 5.32 Å². The number of thiazole rings is 1. The van der Waals surface area contributed by atoms with E-state index in [9.17, 15) is 31.2 Å². The average molecular weight is 487 g/mol. The molecular weight excluding hydrogens is 474 g/mol. The van der Waals surface area contributed by atoms with Crippen molar-refractivity contribution in [3.05, 3.63) is 11.1 Å². The van der Waals surface area contributed by atoms with Gasteiger partial charge in [0.15, 0.2) is 16.9 Å². The molecule has 0 unspecified atom stereocenters. The highest BCUT2D eigenvalue weighted by molar-refractivity contribution is 7.87. The number of esters is 1. The van der Waals surface area contributed by atoms with Crippen LogP contribution in [0.2, 0.25) is 0 Å². The van der Waals surface area contributed by atoms with Gasteiger partial charge in [-0.05, 0) is 0 Å². The van der Waals surface area contributed by atoms with Crippen molar-refractivity contribution < 1.29 is 49.9 Å². The fourth-order valence-electron chi connectivity index (χ4n) is 2.15. The number of rotatable bonds is 8. The molecule has 1 saturated heterocycles. The number of nitrogens with one attached hydrogen (secondary N) is 2. The van der Waals surface area contributed by atoms with Gasteiger partial charge in [0, 0.05) is 12.3 Å². The number of ether oxygens (including phenoxy) is 1. The zero-order valence-electron chi connectivity index (χ0n) is 14.9. The lowest BCUT2D eigenvalue weighted by Crippen LogP contribution is -2.73. The van der Waals surface area contributed by atoms with Crippen molar-refractivity contribution in [2.45, 2.75) is 19.2 Å². The molecule has 0 bridgehead atoms. The second-order valence-corrected chi connectivity index (χ2v) is 8.60. The Morgan fingerprint density at radius 2 is 1.93 bits per heavy atom. The average Bonchev–Trinajstić information content (AvgIpc) is 3.01. The normalized spacial score (nSPS) is 19.7. The summed E-state index contributed by atoms with van der Waals surface area (Å²) in [7, 11) is -8.65. The van der Waals surface area contributed by atoms with Gasteiger partial charge in [0.1, 0.15) is 12.8 Å². The highest BCUT2D eigenvalue weighted by Crippen LogP contribution is 2.25. The number of amides is 2. The Hall–Kier alpha value is -2.87. The Morgan fingerprint density at radius 3 is 2.43 bits per heavy atom. The lowest BCUT2D eigenvalue weighted by molar-refractivity contribution is -0.178. The molecule has 16 nitrogen and oxygen atoms in total. The van der Waals surface area contributed by atoms with E-state index < -0.39 is 56.4 Å². The van der Waals surface area contributed by atoms with E-state index in [2.05, 4.69) is 19.7 Å². The standard InChI is InChI=1S/C11H13N5O11S3/c1-4(17)27-10-7(9(19)16(10)30(23,24)25)13-8(18)6(14-26-2)5-3-28-11(12-5)15-29(20,21)22/h3,7,10H,1-2H3,(H,12,15)(H,13,18)(H,20,21,22)(H,23,24,25)/t7-,10+/m1/s1. The second-order valence-electron chi connectivity index (χ2n) is 5.30. The summed E-state index contributed by atoms with van der Waals surface area (Å²) < 4.78 is 68.1. The maximum absolute atomic E-state index is 12.5. The van der Waals surface area contributed by atoms with Crippen molar-refractivity contribution in [3.8, 4) is 0 Å². The molecule has 1 aliphatic rings. The van der Waals surface area contributed by atoms with E-state index in [1.165, 1.54) is 0 Å². The van der Waals surface area contributed by atoms with Crippen LogP contribution in [0.15, 0.2) is 10.5 Å². The van der Waals surface area contributed by atoms with Gasteiger partial charge in [-0.15, -0.1) is 11.3 Å². The molecule has 0 aromatic carbocycles. The number of hydrogen-bond acceptors (Lipinski definition) is 12. The highest BCUT2D eigenvalue weighted by Gasteiger charge is 2.56. The number of hydrogen-bond donors (Lipinski definition) is 4. The molecular formula is C11H13N5O11S3. The quantitative estimate of drug-likeness (QED) is 0.0999. The maximum atomic E-state index is 12.5. The third-order valence-corrected chi connectivity index (χ3v) is 5.41. The van der Waals surface area contributed by atoms with Crippen LogP contribution >= 0.6 is 11.3 Å². The number of nitrogens with zero attached hydrogens (tertiary/aromatic N) is 3. The lowest BCUT2D eigenvalue weighted by atomic mass is 10.1. The number of β-lactam (4-membered cyclic amide) rings is 1. The first kappa shape index (κ1) is 23.4. The molecule has 2 rings (SSSR count). The zero-order chi connectivity index (χ0) is 22.9. The van der Waals surface area contributed by atoms with E-state index in [1.54, 1.807) is 4.72 Å². The van der Waals surface area contributed by atoms with Crippen molar-refractivity contribution in [3.63, 3.8) is 0 Å². The largest absolute Gasteiger partial charge is 0.438 e. The summed E-state index contributed by atoms with van der Waals surface area (Å²) in [6.45, 7) is 0.903. The van der Waals surface area contributed by atoms with E-state index in [0.29, 0.717) is 11.3 Å². The third kappa shape index (κ3) is 5.38. The Bertz CT molecular complexity index is 1110. The molecule has 0 aliphatic carbocycles. The second kappa shape index (κ2) is 8.47. The molecule has 2 heterocycles. The molecule has 4 N–H and O–H groups in total. The van der Waals surface area contributed by atoms with E-state index in [4.69, 9.17) is 9.11 Å². The van der Waals surface area contributed by atoms with Gasteiger partial charge in [0.25, 0.3) is 11.8 Å². The molecule has 1 aromatic heterocycles. The monoisotopic (exact) mass is 487 g/mol. The van der Waals surface area contributed by atoms with Gasteiger partial charge in [-0.1, -0.05) is 5.16 Å². The number of aromatic nitrogens is 1. The SMILES string of the molecule is CON=C(C(=O)N[C@@H]1C(=O)N(S(=O)(=O)O)[C@H]1OC(C)=O)c1csc(NS(=O)(=O)O)n1. The number of carbonyl (C=O) groups is 3. The fraction of sp³-hybridized carbons (Fsp3) is 0.364. The molecule has 0 spiro atoms. The number of oxime groups is 1. The van der Waals surface area contributed by atoms with Crippen molar-refractivity contribution >= 4 is 60.6 Å². The van der Waals surface area contributed by atoms with Crippen LogP contribution in [0.1, 0.15) is 12.6 Å². The smallest absolute Gasteiger partial charge is 0.365 e. The fourth-order valence-corrected chi connectivity index (χ4v) is 4.23. The van der Waals surface area contributed by atoms with E-state index >= 15 is 0 Å². The summed E-state index contributed by atoms with van der Waals surface area (Å²) in [5.41, 5.74) is -0.815. The molecule has 0 saturated carbocycles. The summed E-state index contributed by atoms with van der Waals surface area (Å²) in [4.78, 5) is 43.9. The van der Waals surface area contributed by atoms with Crippen LogP contribution in [-0.2, 0) is 44.6 Å². The predicted octanol–water partition coefficient (Wildman–Crippen LogP) is -2.27.